The van der Waals surface area contributed by atoms with Crippen LogP contribution in [0.4, 0.5) is 0 Å². The highest BCUT2D eigenvalue weighted by molar-refractivity contribution is 5.70. The molecule has 3 rings (SSSR count). The van der Waals surface area contributed by atoms with Gasteiger partial charge in [-0.05, 0) is 25.0 Å². The molecule has 0 radical (unpaired) electrons. The van der Waals surface area contributed by atoms with Gasteiger partial charge in [0.2, 0.25) is 0 Å². The molecule has 0 fully saturated rings. The molecular formula is C16H19N3O3. The van der Waals surface area contributed by atoms with E-state index in [2.05, 4.69) is 10.1 Å². The van der Waals surface area contributed by atoms with Crippen molar-refractivity contribution in [1.29, 1.82) is 0 Å². The molecule has 2 aromatic rings. The molecule has 1 atom stereocenters. The highest BCUT2D eigenvalue weighted by Gasteiger charge is 2.26. The molecule has 1 unspecified atom stereocenters. The molecule has 1 aliphatic rings. The molecule has 6 nitrogen and oxygen atoms in total. The topological polar surface area (TPSA) is 77.2 Å². The lowest BCUT2D eigenvalue weighted by Crippen LogP contribution is -2.26. The number of hydrogen-bond acceptors (Lipinski definition) is 4. The van der Waals surface area contributed by atoms with Crippen LogP contribution in [-0.2, 0) is 24.2 Å². The normalized spacial score (nSPS) is 17.0. The molecule has 2 heterocycles. The molecule has 0 aliphatic carbocycles. The summed E-state index contributed by atoms with van der Waals surface area (Å²) in [5.74, 6) is 1.36. The average molecular weight is 301 g/mol. The number of hydrogen-bond donors (Lipinski definition) is 1. The van der Waals surface area contributed by atoms with Crippen molar-refractivity contribution in [2.75, 3.05) is 6.61 Å². The summed E-state index contributed by atoms with van der Waals surface area (Å²) < 4.78 is 7.48. The monoisotopic (exact) mass is 301 g/mol. The predicted octanol–water partition coefficient (Wildman–Crippen LogP) is 1.94. The Morgan fingerprint density at radius 1 is 1.36 bits per heavy atom. The first-order valence-corrected chi connectivity index (χ1v) is 7.55. The number of carboxylic acids is 1. The van der Waals surface area contributed by atoms with Crippen LogP contribution in [0, 0.1) is 5.92 Å². The van der Waals surface area contributed by atoms with Gasteiger partial charge in [-0.1, -0.05) is 18.2 Å². The van der Waals surface area contributed by atoms with Gasteiger partial charge in [0, 0.05) is 19.4 Å². The van der Waals surface area contributed by atoms with Crippen LogP contribution >= 0.6 is 0 Å². The summed E-state index contributed by atoms with van der Waals surface area (Å²) in [4.78, 5) is 15.5. The van der Waals surface area contributed by atoms with Crippen LogP contribution in [0.15, 0.2) is 30.3 Å². The van der Waals surface area contributed by atoms with Crippen molar-refractivity contribution >= 4 is 5.97 Å². The lowest BCUT2D eigenvalue weighted by molar-refractivity contribution is -0.142. The fraction of sp³-hybridized carbons (Fsp3) is 0.438. The van der Waals surface area contributed by atoms with E-state index in [4.69, 9.17) is 9.84 Å². The number of para-hydroxylation sites is 1. The Hall–Kier alpha value is -2.37. The van der Waals surface area contributed by atoms with Crippen molar-refractivity contribution in [2.45, 2.75) is 32.2 Å². The predicted molar refractivity (Wildman–Crippen MR) is 79.7 cm³/mol. The number of aryl methyl sites for hydroxylation is 2. The zero-order valence-electron chi connectivity index (χ0n) is 12.3. The second kappa shape index (κ2) is 6.60. The molecule has 0 amide bonds. The Morgan fingerprint density at radius 3 is 2.95 bits per heavy atom. The Kier molecular flexibility index (Phi) is 4.37. The molecule has 1 aliphatic heterocycles. The Bertz CT molecular complexity index is 639. The Balaban J connectivity index is 1.49. The molecule has 1 N–H and O–H groups in total. The van der Waals surface area contributed by atoms with E-state index in [0.717, 1.165) is 30.2 Å². The van der Waals surface area contributed by atoms with Gasteiger partial charge < -0.3 is 9.84 Å². The lowest BCUT2D eigenvalue weighted by atomic mass is 9.98. The van der Waals surface area contributed by atoms with E-state index in [1.165, 1.54) is 0 Å². The summed E-state index contributed by atoms with van der Waals surface area (Å²) >= 11 is 0. The van der Waals surface area contributed by atoms with E-state index in [1.54, 1.807) is 0 Å². The largest absolute Gasteiger partial charge is 0.494 e. The van der Waals surface area contributed by atoms with Gasteiger partial charge in [0.25, 0.3) is 0 Å². The molecular weight excluding hydrogens is 282 g/mol. The van der Waals surface area contributed by atoms with E-state index in [0.29, 0.717) is 26.0 Å². The number of ether oxygens (including phenoxy) is 1. The number of carboxylic acid groups (broad SMARTS) is 1. The number of fused-ring (bicyclic) bond motifs is 1. The minimum atomic E-state index is -0.743. The third-order valence-corrected chi connectivity index (χ3v) is 3.82. The zero-order valence-corrected chi connectivity index (χ0v) is 12.3. The molecule has 0 bridgehead atoms. The third kappa shape index (κ3) is 3.44. The van der Waals surface area contributed by atoms with Crippen LogP contribution in [0.5, 0.6) is 5.75 Å². The lowest BCUT2D eigenvalue weighted by Gasteiger charge is -2.17. The van der Waals surface area contributed by atoms with Gasteiger partial charge >= 0.3 is 5.97 Å². The van der Waals surface area contributed by atoms with E-state index < -0.39 is 5.97 Å². The SMILES string of the molecule is O=C(O)C1CCn2nc(CCCOc3ccccc3)nc2C1. The Labute approximate surface area is 128 Å². The minimum absolute atomic E-state index is 0.328. The fourth-order valence-electron chi connectivity index (χ4n) is 2.61. The molecule has 1 aromatic heterocycles. The van der Waals surface area contributed by atoms with Crippen molar-refractivity contribution in [1.82, 2.24) is 14.8 Å². The average Bonchev–Trinajstić information content (AvgIpc) is 2.94. The molecule has 1 aromatic carbocycles. The van der Waals surface area contributed by atoms with Crippen LogP contribution in [0.2, 0.25) is 0 Å². The van der Waals surface area contributed by atoms with E-state index in [-0.39, 0.29) is 5.92 Å². The van der Waals surface area contributed by atoms with E-state index >= 15 is 0 Å². The van der Waals surface area contributed by atoms with Crippen molar-refractivity contribution < 1.29 is 14.6 Å². The first-order chi connectivity index (χ1) is 10.7. The van der Waals surface area contributed by atoms with Gasteiger partial charge in [0.15, 0.2) is 5.82 Å². The van der Waals surface area contributed by atoms with Crippen LogP contribution in [0.3, 0.4) is 0 Å². The molecule has 6 heteroatoms. The van der Waals surface area contributed by atoms with Crippen molar-refractivity contribution in [3.05, 3.63) is 42.0 Å². The summed E-state index contributed by atoms with van der Waals surface area (Å²) in [7, 11) is 0. The van der Waals surface area contributed by atoms with Gasteiger partial charge in [0.1, 0.15) is 11.6 Å². The fourth-order valence-corrected chi connectivity index (χ4v) is 2.61. The highest BCUT2D eigenvalue weighted by atomic mass is 16.5. The maximum absolute atomic E-state index is 11.0. The van der Waals surface area contributed by atoms with E-state index in [9.17, 15) is 4.79 Å². The number of rotatable bonds is 6. The molecule has 0 saturated carbocycles. The van der Waals surface area contributed by atoms with Gasteiger partial charge in [-0.2, -0.15) is 5.10 Å². The van der Waals surface area contributed by atoms with Gasteiger partial charge in [-0.25, -0.2) is 9.67 Å². The minimum Gasteiger partial charge on any atom is -0.494 e. The van der Waals surface area contributed by atoms with Gasteiger partial charge in [-0.3, -0.25) is 4.79 Å². The second-order valence-electron chi connectivity index (χ2n) is 5.46. The van der Waals surface area contributed by atoms with Crippen molar-refractivity contribution in [3.63, 3.8) is 0 Å². The molecule has 116 valence electrons. The van der Waals surface area contributed by atoms with Crippen LogP contribution in [0.25, 0.3) is 0 Å². The molecule has 0 saturated heterocycles. The van der Waals surface area contributed by atoms with Crippen molar-refractivity contribution in [2.24, 2.45) is 5.92 Å². The summed E-state index contributed by atoms with van der Waals surface area (Å²) in [6.45, 7) is 1.26. The van der Waals surface area contributed by atoms with Crippen molar-refractivity contribution in [3.8, 4) is 5.75 Å². The highest BCUT2D eigenvalue weighted by Crippen LogP contribution is 2.19. The summed E-state index contributed by atoms with van der Waals surface area (Å²) in [6.07, 6.45) is 2.68. The molecule has 0 spiro atoms. The second-order valence-corrected chi connectivity index (χ2v) is 5.46. The number of aliphatic carboxylic acids is 1. The summed E-state index contributed by atoms with van der Waals surface area (Å²) in [6, 6.07) is 9.70. The first-order valence-electron chi connectivity index (χ1n) is 7.55. The summed E-state index contributed by atoms with van der Waals surface area (Å²) in [5.41, 5.74) is 0. The summed E-state index contributed by atoms with van der Waals surface area (Å²) in [5, 5.41) is 13.5. The number of aromatic nitrogens is 3. The number of nitrogens with zero attached hydrogens (tertiary/aromatic N) is 3. The van der Waals surface area contributed by atoms with Crippen LogP contribution in [-0.4, -0.2) is 32.4 Å². The third-order valence-electron chi connectivity index (χ3n) is 3.82. The Morgan fingerprint density at radius 2 is 2.18 bits per heavy atom. The van der Waals surface area contributed by atoms with Crippen LogP contribution < -0.4 is 4.74 Å². The number of carbonyl (C=O) groups is 1. The maximum atomic E-state index is 11.0. The number of benzene rings is 1. The van der Waals surface area contributed by atoms with Gasteiger partial charge in [0.05, 0.1) is 12.5 Å². The first kappa shape index (κ1) is 14.6. The van der Waals surface area contributed by atoms with Crippen LogP contribution in [0.1, 0.15) is 24.5 Å². The molecule has 22 heavy (non-hydrogen) atoms. The standard InChI is InChI=1S/C16H19N3O3/c20-16(21)12-8-9-19-15(11-12)17-14(18-19)7-4-10-22-13-5-2-1-3-6-13/h1-3,5-6,12H,4,7-11H2,(H,20,21). The quantitative estimate of drug-likeness (QED) is 0.825. The van der Waals surface area contributed by atoms with E-state index in [1.807, 2.05) is 35.0 Å². The maximum Gasteiger partial charge on any atom is 0.307 e. The van der Waals surface area contributed by atoms with Gasteiger partial charge in [-0.15, -0.1) is 0 Å². The zero-order chi connectivity index (χ0) is 15.4. The smallest absolute Gasteiger partial charge is 0.307 e.